The lowest BCUT2D eigenvalue weighted by atomic mass is 9.96. The van der Waals surface area contributed by atoms with Crippen molar-refractivity contribution in [2.45, 2.75) is 45.6 Å². The zero-order valence-electron chi connectivity index (χ0n) is 10.9. The van der Waals surface area contributed by atoms with Gasteiger partial charge in [-0.15, -0.1) is 0 Å². The first kappa shape index (κ1) is 12.8. The number of aryl methyl sites for hydroxylation is 1. The van der Waals surface area contributed by atoms with Gasteiger partial charge >= 0.3 is 5.97 Å². The van der Waals surface area contributed by atoms with Crippen molar-refractivity contribution in [2.75, 3.05) is 11.9 Å². The van der Waals surface area contributed by atoms with Gasteiger partial charge in [-0.2, -0.15) is 0 Å². The maximum atomic E-state index is 11.6. The molecule has 0 aliphatic heterocycles. The number of esters is 1. The van der Waals surface area contributed by atoms with Crippen LogP contribution in [0, 0.1) is 0 Å². The lowest BCUT2D eigenvalue weighted by Crippen LogP contribution is -2.29. The Morgan fingerprint density at radius 1 is 1.44 bits per heavy atom. The van der Waals surface area contributed by atoms with E-state index in [4.69, 9.17) is 4.74 Å². The Morgan fingerprint density at radius 3 is 3.00 bits per heavy atom. The third-order valence-corrected chi connectivity index (χ3v) is 3.12. The summed E-state index contributed by atoms with van der Waals surface area (Å²) in [5.74, 6) is 0.529. The molecule has 1 aliphatic rings. The van der Waals surface area contributed by atoms with Crippen LogP contribution in [0.1, 0.15) is 37.9 Å². The van der Waals surface area contributed by atoms with E-state index in [1.54, 1.807) is 20.2 Å². The van der Waals surface area contributed by atoms with E-state index in [-0.39, 0.29) is 12.0 Å². The van der Waals surface area contributed by atoms with E-state index >= 15 is 0 Å². The highest BCUT2D eigenvalue weighted by molar-refractivity contribution is 5.78. The van der Waals surface area contributed by atoms with Crippen LogP contribution in [0.5, 0.6) is 0 Å². The van der Waals surface area contributed by atoms with E-state index < -0.39 is 0 Å². The highest BCUT2D eigenvalue weighted by atomic mass is 16.5. The summed E-state index contributed by atoms with van der Waals surface area (Å²) in [6, 6.07) is -0.383. The van der Waals surface area contributed by atoms with Gasteiger partial charge in [-0.3, -0.25) is 0 Å². The zero-order valence-corrected chi connectivity index (χ0v) is 10.9. The van der Waals surface area contributed by atoms with Crippen LogP contribution >= 0.6 is 0 Å². The van der Waals surface area contributed by atoms with Gasteiger partial charge in [0.25, 0.3) is 0 Å². The molecule has 1 unspecified atom stereocenters. The molecule has 0 bridgehead atoms. The minimum Gasteiger partial charge on any atom is -0.464 e. The summed E-state index contributed by atoms with van der Waals surface area (Å²) < 4.78 is 4.98. The van der Waals surface area contributed by atoms with Crippen LogP contribution in [0.4, 0.5) is 5.82 Å². The molecule has 5 nitrogen and oxygen atoms in total. The van der Waals surface area contributed by atoms with Crippen molar-refractivity contribution in [1.82, 2.24) is 9.97 Å². The van der Waals surface area contributed by atoms with Crippen molar-refractivity contribution in [3.05, 3.63) is 17.6 Å². The van der Waals surface area contributed by atoms with Gasteiger partial charge in [-0.25, -0.2) is 14.8 Å². The van der Waals surface area contributed by atoms with Gasteiger partial charge in [-0.1, -0.05) is 0 Å². The van der Waals surface area contributed by atoms with E-state index in [1.165, 1.54) is 6.42 Å². The van der Waals surface area contributed by atoms with Gasteiger partial charge in [0.2, 0.25) is 0 Å². The van der Waals surface area contributed by atoms with E-state index in [2.05, 4.69) is 15.3 Å². The fraction of sp³-hybridized carbons (Fsp3) is 0.615. The summed E-state index contributed by atoms with van der Waals surface area (Å²) in [5.41, 5.74) is 2.26. The molecule has 0 fully saturated rings. The Bertz CT molecular complexity index is 434. The number of carbonyl (C=O) groups excluding carboxylic acids is 1. The first-order chi connectivity index (χ1) is 8.72. The number of rotatable bonds is 4. The van der Waals surface area contributed by atoms with E-state index in [1.807, 2.05) is 0 Å². The number of carbonyl (C=O) groups is 1. The Kier molecular flexibility index (Phi) is 4.12. The van der Waals surface area contributed by atoms with Crippen molar-refractivity contribution >= 4 is 11.8 Å². The summed E-state index contributed by atoms with van der Waals surface area (Å²) in [5, 5.41) is 3.13. The lowest BCUT2D eigenvalue weighted by molar-refractivity contribution is -0.143. The molecule has 2 rings (SSSR count). The number of aromatic nitrogens is 2. The number of anilines is 1. The van der Waals surface area contributed by atoms with Crippen molar-refractivity contribution < 1.29 is 9.53 Å². The maximum absolute atomic E-state index is 11.6. The molecule has 0 amide bonds. The standard InChI is InChI=1S/C13H19N3O2/c1-3-18-13(17)9(2)16-12-10-6-4-5-7-11(10)14-8-15-12/h8-9H,3-7H2,1-2H3,(H,14,15,16). The SMILES string of the molecule is CCOC(=O)C(C)Nc1ncnc2c1CCCC2. The number of ether oxygens (including phenoxy) is 1. The Balaban J connectivity index is 2.11. The molecule has 98 valence electrons. The monoisotopic (exact) mass is 249 g/mol. The largest absolute Gasteiger partial charge is 0.464 e. The topological polar surface area (TPSA) is 64.1 Å². The first-order valence-electron chi connectivity index (χ1n) is 6.48. The predicted octanol–water partition coefficient (Wildman–Crippen LogP) is 1.72. The van der Waals surface area contributed by atoms with Crippen molar-refractivity contribution in [3.63, 3.8) is 0 Å². The number of hydrogen-bond acceptors (Lipinski definition) is 5. The van der Waals surface area contributed by atoms with Gasteiger partial charge in [0.15, 0.2) is 0 Å². The van der Waals surface area contributed by atoms with Crippen molar-refractivity contribution in [1.29, 1.82) is 0 Å². The van der Waals surface area contributed by atoms with Crippen molar-refractivity contribution in [3.8, 4) is 0 Å². The number of nitrogens with one attached hydrogen (secondary N) is 1. The fourth-order valence-electron chi connectivity index (χ4n) is 2.18. The molecule has 1 aromatic rings. The Morgan fingerprint density at radius 2 is 2.22 bits per heavy atom. The summed E-state index contributed by atoms with van der Waals surface area (Å²) in [6.45, 7) is 3.99. The van der Waals surface area contributed by atoms with Crippen LogP contribution in [0.2, 0.25) is 0 Å². The second-order valence-corrected chi connectivity index (χ2v) is 4.47. The Labute approximate surface area is 107 Å². The molecule has 1 heterocycles. The number of fused-ring (bicyclic) bond motifs is 1. The molecule has 1 N–H and O–H groups in total. The molecule has 0 saturated heterocycles. The second-order valence-electron chi connectivity index (χ2n) is 4.47. The molecular formula is C13H19N3O2. The summed E-state index contributed by atoms with van der Waals surface area (Å²) in [4.78, 5) is 20.1. The minimum atomic E-state index is -0.383. The second kappa shape index (κ2) is 5.80. The van der Waals surface area contributed by atoms with Crippen LogP contribution < -0.4 is 5.32 Å². The number of nitrogens with zero attached hydrogens (tertiary/aromatic N) is 2. The zero-order chi connectivity index (χ0) is 13.0. The minimum absolute atomic E-state index is 0.249. The summed E-state index contributed by atoms with van der Waals surface area (Å²) in [7, 11) is 0. The summed E-state index contributed by atoms with van der Waals surface area (Å²) >= 11 is 0. The third kappa shape index (κ3) is 2.78. The highest BCUT2D eigenvalue weighted by Gasteiger charge is 2.19. The van der Waals surface area contributed by atoms with Crippen LogP contribution in [0.15, 0.2) is 6.33 Å². The molecule has 0 spiro atoms. The molecule has 0 aromatic carbocycles. The molecule has 0 radical (unpaired) electrons. The van der Waals surface area contributed by atoms with Gasteiger partial charge < -0.3 is 10.1 Å². The van der Waals surface area contributed by atoms with Gasteiger partial charge in [0.1, 0.15) is 18.2 Å². The quantitative estimate of drug-likeness (QED) is 0.823. The van der Waals surface area contributed by atoms with Crippen LogP contribution in [0.3, 0.4) is 0 Å². The number of hydrogen-bond donors (Lipinski definition) is 1. The fourth-order valence-corrected chi connectivity index (χ4v) is 2.18. The van der Waals surface area contributed by atoms with Gasteiger partial charge in [-0.05, 0) is 39.5 Å². The molecule has 1 aromatic heterocycles. The first-order valence-corrected chi connectivity index (χ1v) is 6.48. The average molecular weight is 249 g/mol. The molecule has 5 heteroatoms. The van der Waals surface area contributed by atoms with Gasteiger partial charge in [0, 0.05) is 11.3 Å². The van der Waals surface area contributed by atoms with E-state index in [9.17, 15) is 4.79 Å². The van der Waals surface area contributed by atoms with E-state index in [0.29, 0.717) is 6.61 Å². The maximum Gasteiger partial charge on any atom is 0.328 e. The molecular weight excluding hydrogens is 230 g/mol. The van der Waals surface area contributed by atoms with Crippen LogP contribution in [-0.2, 0) is 22.4 Å². The normalized spacial score (nSPS) is 15.7. The predicted molar refractivity (Wildman–Crippen MR) is 68.4 cm³/mol. The Hall–Kier alpha value is -1.65. The average Bonchev–Trinajstić information content (AvgIpc) is 2.39. The lowest BCUT2D eigenvalue weighted by Gasteiger charge is -2.20. The smallest absolute Gasteiger partial charge is 0.328 e. The molecule has 0 saturated carbocycles. The van der Waals surface area contributed by atoms with Crippen molar-refractivity contribution in [2.24, 2.45) is 0 Å². The molecule has 1 atom stereocenters. The molecule has 1 aliphatic carbocycles. The van der Waals surface area contributed by atoms with Crippen LogP contribution in [-0.4, -0.2) is 28.6 Å². The highest BCUT2D eigenvalue weighted by Crippen LogP contribution is 2.24. The summed E-state index contributed by atoms with van der Waals surface area (Å²) in [6.07, 6.45) is 5.87. The van der Waals surface area contributed by atoms with Gasteiger partial charge in [0.05, 0.1) is 6.61 Å². The third-order valence-electron chi connectivity index (χ3n) is 3.12. The molecule has 18 heavy (non-hydrogen) atoms. The van der Waals surface area contributed by atoms with Crippen LogP contribution in [0.25, 0.3) is 0 Å². The van der Waals surface area contributed by atoms with E-state index in [0.717, 1.165) is 36.3 Å².